The third-order valence-corrected chi connectivity index (χ3v) is 8.55. The minimum Gasteiger partial charge on any atom is -0.494 e. The van der Waals surface area contributed by atoms with Crippen LogP contribution in [0.1, 0.15) is 51.5 Å². The van der Waals surface area contributed by atoms with E-state index in [0.29, 0.717) is 23.8 Å². The number of carbonyl (C=O) groups excluding carboxylic acids is 1. The first-order chi connectivity index (χ1) is 16.2. The molecule has 3 rings (SSSR count). The largest absolute Gasteiger partial charge is 0.494 e. The fourth-order valence-electron chi connectivity index (χ4n) is 3.82. The van der Waals surface area contributed by atoms with Gasteiger partial charge in [-0.25, -0.2) is 14.2 Å². The number of carbonyl (C=O) groups is 2. The van der Waals surface area contributed by atoms with Gasteiger partial charge in [0.1, 0.15) is 0 Å². The van der Waals surface area contributed by atoms with Crippen molar-refractivity contribution in [2.75, 3.05) is 24.7 Å². The Morgan fingerprint density at radius 2 is 2.06 bits per heavy atom. The Morgan fingerprint density at radius 3 is 2.71 bits per heavy atom. The second-order valence-electron chi connectivity index (χ2n) is 9.10. The first-order valence-electron chi connectivity index (χ1n) is 11.4. The quantitative estimate of drug-likeness (QED) is 0.387. The number of nitrogens with one attached hydrogen (secondary N) is 1. The zero-order valence-corrected chi connectivity index (χ0v) is 21.4. The van der Waals surface area contributed by atoms with Crippen LogP contribution in [0.4, 0.5) is 14.3 Å². The maximum Gasteiger partial charge on any atom is 0.323 e. The molecule has 0 radical (unpaired) electrons. The Balaban J connectivity index is 1.64. The van der Waals surface area contributed by atoms with Gasteiger partial charge in [-0.1, -0.05) is 36.7 Å². The Labute approximate surface area is 208 Å². The molecule has 0 aliphatic heterocycles. The van der Waals surface area contributed by atoms with Crippen molar-refractivity contribution in [1.82, 2.24) is 9.88 Å². The molecule has 1 aromatic carbocycles. The molecule has 2 amide bonds. The number of thioether (sulfide) groups is 1. The molecule has 0 atom stereocenters. The van der Waals surface area contributed by atoms with Crippen LogP contribution in [-0.2, 0) is 11.2 Å². The minimum atomic E-state index is -0.850. The van der Waals surface area contributed by atoms with Crippen LogP contribution < -0.4 is 10.1 Å². The number of halogens is 1. The molecule has 1 heterocycles. The zero-order chi connectivity index (χ0) is 24.7. The van der Waals surface area contributed by atoms with Crippen LogP contribution in [0, 0.1) is 11.2 Å². The number of carboxylic acids is 1. The summed E-state index contributed by atoms with van der Waals surface area (Å²) in [4.78, 5) is 30.7. The number of urea groups is 1. The topological polar surface area (TPSA) is 91.8 Å². The summed E-state index contributed by atoms with van der Waals surface area (Å²) in [5.41, 5.74) is -0.0440. The maximum atomic E-state index is 14.1. The fraction of sp³-hybridized carbons (Fsp3) is 0.542. The lowest BCUT2D eigenvalue weighted by atomic mass is 9.94. The summed E-state index contributed by atoms with van der Waals surface area (Å²) in [6.45, 7) is 3.84. The molecule has 0 spiro atoms. The number of benzene rings is 1. The third kappa shape index (κ3) is 7.09. The third-order valence-electron chi connectivity index (χ3n) is 5.99. The van der Waals surface area contributed by atoms with Gasteiger partial charge in [0.25, 0.3) is 0 Å². The normalized spacial score (nSPS) is 14.6. The van der Waals surface area contributed by atoms with E-state index in [1.165, 1.54) is 42.7 Å². The average Bonchev–Trinajstić information content (AvgIpc) is 3.26. The van der Waals surface area contributed by atoms with Crippen LogP contribution in [0.25, 0.3) is 0 Å². The van der Waals surface area contributed by atoms with E-state index in [4.69, 9.17) is 4.74 Å². The zero-order valence-electron chi connectivity index (χ0n) is 19.8. The number of aromatic nitrogens is 1. The highest BCUT2D eigenvalue weighted by atomic mass is 32.2. The molecule has 0 unspecified atom stereocenters. The summed E-state index contributed by atoms with van der Waals surface area (Å²) in [7, 11) is 1.43. The van der Waals surface area contributed by atoms with E-state index in [-0.39, 0.29) is 17.8 Å². The first kappa shape index (κ1) is 26.3. The number of anilines is 1. The molecule has 10 heteroatoms. The highest BCUT2D eigenvalue weighted by molar-refractivity contribution is 8.01. The number of thiazole rings is 1. The second-order valence-corrected chi connectivity index (χ2v) is 11.4. The van der Waals surface area contributed by atoms with E-state index in [9.17, 15) is 19.1 Å². The van der Waals surface area contributed by atoms with Crippen molar-refractivity contribution in [3.05, 3.63) is 35.8 Å². The number of hydrogen-bond donors (Lipinski definition) is 2. The number of rotatable bonds is 10. The minimum absolute atomic E-state index is 0.141. The van der Waals surface area contributed by atoms with Gasteiger partial charge in [-0.2, -0.15) is 0 Å². The Hall–Kier alpha value is -2.33. The molecule has 34 heavy (non-hydrogen) atoms. The number of methoxy groups -OCH3 is 1. The van der Waals surface area contributed by atoms with Crippen LogP contribution in [-0.4, -0.2) is 52.4 Å². The standard InChI is InChI=1S/C24H32FN3O4S2/c1-24(2,21(29)30)15-33-20-14-26-22(34-20)27-23(31)28(17-7-5-4-6-8-17)12-11-16-9-10-19(32-3)18(25)13-16/h9-10,13-14,17H,4-8,11-12,15H2,1-3H3,(H,29,30)(H,26,27,31). The van der Waals surface area contributed by atoms with Crippen molar-refractivity contribution < 1.29 is 23.8 Å². The number of hydrogen-bond acceptors (Lipinski definition) is 6. The number of amides is 2. The van der Waals surface area contributed by atoms with Crippen molar-refractivity contribution in [3.63, 3.8) is 0 Å². The molecule has 186 valence electrons. The first-order valence-corrected chi connectivity index (χ1v) is 13.2. The summed E-state index contributed by atoms with van der Waals surface area (Å²) in [5.74, 6) is -0.648. The number of nitrogens with zero attached hydrogens (tertiary/aromatic N) is 2. The van der Waals surface area contributed by atoms with Crippen LogP contribution >= 0.6 is 23.1 Å². The molecule has 2 aromatic rings. The summed E-state index contributed by atoms with van der Waals surface area (Å²) in [6.07, 6.45) is 7.45. The molecule has 0 bridgehead atoms. The molecule has 1 saturated carbocycles. The van der Waals surface area contributed by atoms with E-state index < -0.39 is 17.2 Å². The highest BCUT2D eigenvalue weighted by Crippen LogP contribution is 2.33. The van der Waals surface area contributed by atoms with Crippen LogP contribution in [0.3, 0.4) is 0 Å². The predicted octanol–water partition coefficient (Wildman–Crippen LogP) is 5.90. The van der Waals surface area contributed by atoms with E-state index in [2.05, 4.69) is 10.3 Å². The van der Waals surface area contributed by atoms with Crippen LogP contribution in [0.5, 0.6) is 5.75 Å². The lowest BCUT2D eigenvalue weighted by molar-refractivity contribution is -0.145. The average molecular weight is 510 g/mol. The lowest BCUT2D eigenvalue weighted by Gasteiger charge is -2.34. The van der Waals surface area contributed by atoms with Crippen molar-refractivity contribution in [2.45, 2.75) is 62.6 Å². The van der Waals surface area contributed by atoms with Gasteiger partial charge in [0.05, 0.1) is 22.9 Å². The molecule has 7 nitrogen and oxygen atoms in total. The van der Waals surface area contributed by atoms with Gasteiger partial charge < -0.3 is 14.7 Å². The molecule has 0 saturated heterocycles. The molecule has 1 aliphatic rings. The monoisotopic (exact) mass is 509 g/mol. The van der Waals surface area contributed by atoms with Crippen molar-refractivity contribution in [3.8, 4) is 5.75 Å². The molecule has 1 aliphatic carbocycles. The van der Waals surface area contributed by atoms with Gasteiger partial charge in [-0.3, -0.25) is 10.1 Å². The molecule has 1 aromatic heterocycles. The van der Waals surface area contributed by atoms with Gasteiger partial charge in [0, 0.05) is 18.3 Å². The predicted molar refractivity (Wildman–Crippen MR) is 134 cm³/mol. The smallest absolute Gasteiger partial charge is 0.323 e. The van der Waals surface area contributed by atoms with E-state index in [1.54, 1.807) is 26.1 Å². The van der Waals surface area contributed by atoms with Crippen LogP contribution in [0.15, 0.2) is 28.6 Å². The van der Waals surface area contributed by atoms with E-state index in [1.807, 2.05) is 11.0 Å². The number of ether oxygens (including phenoxy) is 1. The van der Waals surface area contributed by atoms with Gasteiger partial charge in [-0.05, 0) is 50.8 Å². The summed E-state index contributed by atoms with van der Waals surface area (Å²) < 4.78 is 19.9. The van der Waals surface area contributed by atoms with Gasteiger partial charge in [0.2, 0.25) is 0 Å². The molecule has 2 N–H and O–H groups in total. The van der Waals surface area contributed by atoms with Crippen LogP contribution in [0.2, 0.25) is 0 Å². The molecular formula is C24H32FN3O4S2. The number of carboxylic acid groups (broad SMARTS) is 1. The van der Waals surface area contributed by atoms with Crippen molar-refractivity contribution >= 4 is 40.2 Å². The molecular weight excluding hydrogens is 477 g/mol. The van der Waals surface area contributed by atoms with Gasteiger partial charge in [0.15, 0.2) is 16.7 Å². The Bertz CT molecular complexity index is 992. The van der Waals surface area contributed by atoms with Gasteiger partial charge in [-0.15, -0.1) is 11.8 Å². The van der Waals surface area contributed by atoms with Crippen molar-refractivity contribution in [1.29, 1.82) is 0 Å². The second kappa shape index (κ2) is 11.9. The van der Waals surface area contributed by atoms with E-state index >= 15 is 0 Å². The fourth-order valence-corrected chi connectivity index (χ4v) is 5.76. The summed E-state index contributed by atoms with van der Waals surface area (Å²) in [5, 5.41) is 12.7. The SMILES string of the molecule is COc1ccc(CCN(C(=O)Nc2ncc(SCC(C)(C)C(=O)O)s2)C2CCCCC2)cc1F. The van der Waals surface area contributed by atoms with Crippen molar-refractivity contribution in [2.24, 2.45) is 5.41 Å². The van der Waals surface area contributed by atoms with E-state index in [0.717, 1.165) is 35.5 Å². The summed E-state index contributed by atoms with van der Waals surface area (Å²) in [6, 6.07) is 4.82. The highest BCUT2D eigenvalue weighted by Gasteiger charge is 2.28. The lowest BCUT2D eigenvalue weighted by Crippen LogP contribution is -2.45. The Kier molecular flexibility index (Phi) is 9.18. The van der Waals surface area contributed by atoms with Gasteiger partial charge >= 0.3 is 12.0 Å². The summed E-state index contributed by atoms with van der Waals surface area (Å²) >= 11 is 2.75. The number of aliphatic carboxylic acids is 1. The Morgan fingerprint density at radius 1 is 1.32 bits per heavy atom. The maximum absolute atomic E-state index is 14.1. The molecule has 1 fully saturated rings.